The van der Waals surface area contributed by atoms with Gasteiger partial charge in [0.1, 0.15) is 12.0 Å². The fraction of sp³-hybridized carbons (Fsp3) is 0.429. The number of primary amides is 1. The van der Waals surface area contributed by atoms with Gasteiger partial charge in [-0.1, -0.05) is 36.4 Å². The molecule has 2 aliphatic heterocycles. The van der Waals surface area contributed by atoms with Crippen molar-refractivity contribution in [2.75, 3.05) is 19.6 Å². The van der Waals surface area contributed by atoms with E-state index in [2.05, 4.69) is 15.4 Å². The molecule has 3 atom stereocenters. The highest BCUT2D eigenvalue weighted by Gasteiger charge is 2.36. The molecule has 1 aromatic rings. The smallest absolute Gasteiger partial charge is 0.310 e. The van der Waals surface area contributed by atoms with E-state index in [4.69, 9.17) is 5.73 Å². The van der Waals surface area contributed by atoms with Crippen molar-refractivity contribution in [3.05, 3.63) is 47.5 Å². The van der Waals surface area contributed by atoms with Crippen molar-refractivity contribution < 1.29 is 29.0 Å². The van der Waals surface area contributed by atoms with Crippen LogP contribution >= 0.6 is 0 Å². The Labute approximate surface area is 179 Å². The molecule has 1 saturated heterocycles. The van der Waals surface area contributed by atoms with Crippen molar-refractivity contribution in [2.24, 2.45) is 11.7 Å². The highest BCUT2D eigenvalue weighted by atomic mass is 16.6. The number of cyclic esters (lactones) is 1. The molecule has 10 nitrogen and oxygen atoms in total. The molecule has 31 heavy (non-hydrogen) atoms. The summed E-state index contributed by atoms with van der Waals surface area (Å²) in [5, 5.41) is 15.4. The first kappa shape index (κ1) is 22.4. The molecule has 5 N–H and O–H groups in total. The molecule has 10 heteroatoms. The molecule has 166 valence electrons. The van der Waals surface area contributed by atoms with E-state index < -0.39 is 41.9 Å². The van der Waals surface area contributed by atoms with E-state index in [0.717, 1.165) is 11.1 Å². The number of amides is 3. The molecule has 0 spiro atoms. The van der Waals surface area contributed by atoms with Gasteiger partial charge in [0.25, 0.3) is 0 Å². The largest absolute Gasteiger partial charge is 0.434 e. The minimum atomic E-state index is -1.42. The van der Waals surface area contributed by atoms with Gasteiger partial charge >= 0.3 is 5.97 Å². The zero-order valence-corrected chi connectivity index (χ0v) is 17.0. The van der Waals surface area contributed by atoms with Gasteiger partial charge < -0.3 is 31.1 Å². The number of nitrogens with one attached hydrogen (secondary N) is 2. The summed E-state index contributed by atoms with van der Waals surface area (Å²) in [7, 11) is 0. The standard InChI is InChI=1S/C21H26N4O6/c22-19(28)15-7-6-14(10-23-9-13-4-2-1-3-5-13)11-25(20(15)29)12-17(26)24-16-8-18(27)31-21(16)30/h1-6,15-16,21,23,30H,7-12H2,(H2,22,28)(H,24,26). The fourth-order valence-corrected chi connectivity index (χ4v) is 3.55. The average molecular weight is 430 g/mol. The Hall–Kier alpha value is -3.24. The first-order valence-electron chi connectivity index (χ1n) is 10.0. The number of carbonyl (C=O) groups is 4. The third kappa shape index (κ3) is 6.12. The number of carbonyl (C=O) groups excluding carboxylic acids is 4. The monoisotopic (exact) mass is 430 g/mol. The summed E-state index contributed by atoms with van der Waals surface area (Å²) in [6, 6.07) is 8.92. The van der Waals surface area contributed by atoms with Crippen molar-refractivity contribution in [3.63, 3.8) is 0 Å². The summed E-state index contributed by atoms with van der Waals surface area (Å²) in [5.41, 5.74) is 7.34. The van der Waals surface area contributed by atoms with Crippen LogP contribution in [0.25, 0.3) is 0 Å². The minimum absolute atomic E-state index is 0.153. The number of benzene rings is 1. The Morgan fingerprint density at radius 2 is 1.94 bits per heavy atom. The lowest BCUT2D eigenvalue weighted by molar-refractivity contribution is -0.155. The highest BCUT2D eigenvalue weighted by Crippen LogP contribution is 2.18. The number of esters is 1. The normalized spacial score (nSPS) is 23.7. The number of nitrogens with zero attached hydrogens (tertiary/aromatic N) is 1. The van der Waals surface area contributed by atoms with Crippen LogP contribution in [0.5, 0.6) is 0 Å². The second-order valence-electron chi connectivity index (χ2n) is 7.60. The number of aliphatic hydroxyl groups is 1. The molecule has 1 fully saturated rings. The van der Waals surface area contributed by atoms with E-state index >= 15 is 0 Å². The Kier molecular flexibility index (Phi) is 7.37. The lowest BCUT2D eigenvalue weighted by atomic mass is 10.0. The number of rotatable bonds is 8. The highest BCUT2D eigenvalue weighted by molar-refractivity contribution is 6.01. The van der Waals surface area contributed by atoms with Crippen LogP contribution in [0, 0.1) is 5.92 Å². The van der Waals surface area contributed by atoms with Gasteiger partial charge in [-0.2, -0.15) is 0 Å². The van der Waals surface area contributed by atoms with E-state index in [1.807, 2.05) is 30.3 Å². The van der Waals surface area contributed by atoms with Crippen LogP contribution in [-0.4, -0.2) is 65.7 Å². The molecule has 2 aliphatic rings. The van der Waals surface area contributed by atoms with E-state index in [1.165, 1.54) is 4.90 Å². The number of allylic oxidation sites excluding steroid dienone is 1. The number of hydrogen-bond acceptors (Lipinski definition) is 7. The number of aliphatic hydroxyl groups excluding tert-OH is 1. The average Bonchev–Trinajstić information content (AvgIpc) is 2.94. The third-order valence-corrected chi connectivity index (χ3v) is 5.18. The van der Waals surface area contributed by atoms with Crippen LogP contribution in [-0.2, 0) is 30.5 Å². The van der Waals surface area contributed by atoms with Crippen molar-refractivity contribution >= 4 is 23.7 Å². The van der Waals surface area contributed by atoms with Crippen molar-refractivity contribution in [1.82, 2.24) is 15.5 Å². The minimum Gasteiger partial charge on any atom is -0.434 e. The van der Waals surface area contributed by atoms with Crippen molar-refractivity contribution in [2.45, 2.75) is 31.7 Å². The van der Waals surface area contributed by atoms with E-state index in [1.54, 1.807) is 6.08 Å². The summed E-state index contributed by atoms with van der Waals surface area (Å²) in [6.45, 7) is 0.908. The first-order chi connectivity index (χ1) is 14.8. The molecule has 1 aromatic carbocycles. The quantitative estimate of drug-likeness (QED) is 0.229. The zero-order chi connectivity index (χ0) is 22.4. The Bertz CT molecular complexity index is 872. The molecule has 0 bridgehead atoms. The second kappa shape index (κ2) is 10.2. The SMILES string of the molecule is NC(=O)C1CC=C(CNCc2ccccc2)CN(CC(=O)NC2CC(=O)OC2O)C1=O. The molecule has 0 aromatic heterocycles. The maximum atomic E-state index is 12.8. The number of ether oxygens (including phenoxy) is 1. The molecule has 3 amide bonds. The lowest BCUT2D eigenvalue weighted by Crippen LogP contribution is -2.49. The van der Waals surface area contributed by atoms with Crippen LogP contribution in [0.1, 0.15) is 18.4 Å². The summed E-state index contributed by atoms with van der Waals surface area (Å²) >= 11 is 0. The molecular formula is C21H26N4O6. The second-order valence-corrected chi connectivity index (χ2v) is 7.60. The van der Waals surface area contributed by atoms with Crippen molar-refractivity contribution in [3.8, 4) is 0 Å². The molecule has 0 radical (unpaired) electrons. The summed E-state index contributed by atoms with van der Waals surface area (Å²) < 4.78 is 4.59. The first-order valence-corrected chi connectivity index (χ1v) is 10.0. The van der Waals surface area contributed by atoms with Crippen LogP contribution in [0.4, 0.5) is 0 Å². The van der Waals surface area contributed by atoms with Gasteiger partial charge in [0.15, 0.2) is 0 Å². The Morgan fingerprint density at radius 1 is 1.19 bits per heavy atom. The Balaban J connectivity index is 1.61. The maximum absolute atomic E-state index is 12.8. The third-order valence-electron chi connectivity index (χ3n) is 5.18. The van der Waals surface area contributed by atoms with Crippen LogP contribution < -0.4 is 16.4 Å². The van der Waals surface area contributed by atoms with Gasteiger partial charge in [-0.25, -0.2) is 0 Å². The molecular weight excluding hydrogens is 404 g/mol. The molecule has 3 unspecified atom stereocenters. The van der Waals surface area contributed by atoms with Crippen molar-refractivity contribution in [1.29, 1.82) is 0 Å². The van der Waals surface area contributed by atoms with Crippen LogP contribution in [0.2, 0.25) is 0 Å². The molecule has 0 aliphatic carbocycles. The summed E-state index contributed by atoms with van der Waals surface area (Å²) in [4.78, 5) is 49.5. The summed E-state index contributed by atoms with van der Waals surface area (Å²) in [6.07, 6.45) is 0.390. The van der Waals surface area contributed by atoms with E-state index in [-0.39, 0.29) is 25.9 Å². The summed E-state index contributed by atoms with van der Waals surface area (Å²) in [5.74, 6) is -3.53. The van der Waals surface area contributed by atoms with Gasteiger partial charge in [0.05, 0.1) is 13.0 Å². The molecule has 3 rings (SSSR count). The maximum Gasteiger partial charge on any atom is 0.310 e. The topological polar surface area (TPSA) is 151 Å². The Morgan fingerprint density at radius 3 is 2.58 bits per heavy atom. The van der Waals surface area contributed by atoms with E-state index in [0.29, 0.717) is 13.1 Å². The van der Waals surface area contributed by atoms with Gasteiger partial charge in [-0.15, -0.1) is 0 Å². The van der Waals surface area contributed by atoms with Crippen LogP contribution in [0.15, 0.2) is 42.0 Å². The fourth-order valence-electron chi connectivity index (χ4n) is 3.55. The predicted molar refractivity (Wildman–Crippen MR) is 109 cm³/mol. The van der Waals surface area contributed by atoms with Gasteiger partial charge in [-0.05, 0) is 17.6 Å². The molecule has 0 saturated carbocycles. The zero-order valence-electron chi connectivity index (χ0n) is 17.0. The van der Waals surface area contributed by atoms with Gasteiger partial charge in [0, 0.05) is 19.6 Å². The lowest BCUT2D eigenvalue weighted by Gasteiger charge is -2.25. The predicted octanol–water partition coefficient (Wildman–Crippen LogP) is -1.21. The number of hydrogen-bond donors (Lipinski definition) is 4. The van der Waals surface area contributed by atoms with Gasteiger partial charge in [-0.3, -0.25) is 19.2 Å². The van der Waals surface area contributed by atoms with E-state index in [9.17, 15) is 24.3 Å². The number of nitrogens with two attached hydrogens (primary N) is 1. The van der Waals surface area contributed by atoms with Crippen LogP contribution in [0.3, 0.4) is 0 Å². The molecule has 2 heterocycles. The van der Waals surface area contributed by atoms with Gasteiger partial charge in [0.2, 0.25) is 24.0 Å².